The average Bonchev–Trinajstić information content (AvgIpc) is 3.05. The second kappa shape index (κ2) is 8.16. The van der Waals surface area contributed by atoms with Gasteiger partial charge in [-0.1, -0.05) is 47.6 Å². The van der Waals surface area contributed by atoms with Crippen LogP contribution in [0.3, 0.4) is 0 Å². The minimum atomic E-state index is -0.0601. The smallest absolute Gasteiger partial charge is 0.234 e. The molecule has 0 aliphatic heterocycles. The van der Waals surface area contributed by atoms with Crippen molar-refractivity contribution in [3.8, 4) is 11.3 Å². The van der Waals surface area contributed by atoms with Gasteiger partial charge in [-0.25, -0.2) is 4.98 Å². The number of thiazole rings is 1. The van der Waals surface area contributed by atoms with Gasteiger partial charge in [0, 0.05) is 20.4 Å². The van der Waals surface area contributed by atoms with E-state index in [-0.39, 0.29) is 5.91 Å². The lowest BCUT2D eigenvalue weighted by Crippen LogP contribution is -2.14. The molecular formula is C17H12BrClN2OS2. The normalized spacial score (nSPS) is 10.6. The number of thioether (sulfide) groups is 1. The monoisotopic (exact) mass is 438 g/mol. The second-order valence-electron chi connectivity index (χ2n) is 4.82. The van der Waals surface area contributed by atoms with Crippen LogP contribution in [0.2, 0.25) is 5.02 Å². The van der Waals surface area contributed by atoms with Crippen molar-refractivity contribution in [3.05, 3.63) is 63.4 Å². The molecule has 1 aromatic heterocycles. The van der Waals surface area contributed by atoms with Gasteiger partial charge in [-0.15, -0.1) is 11.3 Å². The summed E-state index contributed by atoms with van der Waals surface area (Å²) in [5, 5.41) is 5.57. The van der Waals surface area contributed by atoms with Crippen LogP contribution in [0.1, 0.15) is 0 Å². The van der Waals surface area contributed by atoms with Crippen LogP contribution in [0.5, 0.6) is 0 Å². The van der Waals surface area contributed by atoms with Gasteiger partial charge in [0.25, 0.3) is 0 Å². The van der Waals surface area contributed by atoms with Gasteiger partial charge in [0.05, 0.1) is 17.1 Å². The maximum Gasteiger partial charge on any atom is 0.234 e. The van der Waals surface area contributed by atoms with Gasteiger partial charge in [-0.2, -0.15) is 0 Å². The van der Waals surface area contributed by atoms with Crippen LogP contribution in [0.15, 0.2) is 62.7 Å². The number of benzene rings is 2. The van der Waals surface area contributed by atoms with Crippen molar-refractivity contribution in [2.45, 2.75) is 4.34 Å². The largest absolute Gasteiger partial charge is 0.324 e. The fourth-order valence-corrected chi connectivity index (χ4v) is 4.10. The Morgan fingerprint density at radius 2 is 1.96 bits per heavy atom. The highest BCUT2D eigenvalue weighted by molar-refractivity contribution is 9.10. The predicted molar refractivity (Wildman–Crippen MR) is 106 cm³/mol. The lowest BCUT2D eigenvalue weighted by Gasteiger charge is -2.06. The SMILES string of the molecule is O=C(CSc1nc(-c2ccc(Cl)cc2)cs1)Nc1ccccc1Br. The zero-order chi connectivity index (χ0) is 16.9. The minimum absolute atomic E-state index is 0.0601. The molecule has 3 rings (SSSR count). The molecule has 122 valence electrons. The molecule has 0 saturated heterocycles. The Hall–Kier alpha value is -1.34. The number of nitrogens with zero attached hydrogens (tertiary/aromatic N) is 1. The molecule has 0 unspecified atom stereocenters. The first kappa shape index (κ1) is 17.5. The van der Waals surface area contributed by atoms with E-state index >= 15 is 0 Å². The Balaban J connectivity index is 1.58. The lowest BCUT2D eigenvalue weighted by molar-refractivity contribution is -0.113. The third-order valence-corrected chi connectivity index (χ3v) is 6.06. The van der Waals surface area contributed by atoms with Gasteiger partial charge < -0.3 is 5.32 Å². The maximum absolute atomic E-state index is 12.1. The molecule has 0 bridgehead atoms. The number of carbonyl (C=O) groups is 1. The zero-order valence-electron chi connectivity index (χ0n) is 12.3. The number of para-hydroxylation sites is 1. The van der Waals surface area contributed by atoms with Gasteiger partial charge in [-0.05, 0) is 40.2 Å². The third-order valence-electron chi connectivity index (χ3n) is 3.10. The first-order valence-electron chi connectivity index (χ1n) is 7.00. The van der Waals surface area contributed by atoms with Crippen LogP contribution in [-0.2, 0) is 4.79 Å². The Morgan fingerprint density at radius 3 is 2.71 bits per heavy atom. The molecular weight excluding hydrogens is 428 g/mol. The highest BCUT2D eigenvalue weighted by Gasteiger charge is 2.09. The van der Waals surface area contributed by atoms with Crippen LogP contribution in [-0.4, -0.2) is 16.6 Å². The molecule has 0 saturated carbocycles. The highest BCUT2D eigenvalue weighted by Crippen LogP contribution is 2.29. The summed E-state index contributed by atoms with van der Waals surface area (Å²) in [5.74, 6) is 0.254. The van der Waals surface area contributed by atoms with Crippen molar-refractivity contribution in [1.29, 1.82) is 0 Å². The van der Waals surface area contributed by atoms with E-state index in [4.69, 9.17) is 11.6 Å². The third kappa shape index (κ3) is 4.60. The van der Waals surface area contributed by atoms with Crippen LogP contribution in [0.25, 0.3) is 11.3 Å². The standard InChI is InChI=1S/C17H12BrClN2OS2/c18-13-3-1-2-4-14(13)20-16(22)10-24-17-21-15(9-23-17)11-5-7-12(19)8-6-11/h1-9H,10H2,(H,20,22). The Labute approximate surface area is 161 Å². The van der Waals surface area contributed by atoms with E-state index in [9.17, 15) is 4.79 Å². The van der Waals surface area contributed by atoms with E-state index < -0.39 is 0 Å². The van der Waals surface area contributed by atoms with Gasteiger partial charge >= 0.3 is 0 Å². The summed E-state index contributed by atoms with van der Waals surface area (Å²) in [6, 6.07) is 15.1. The van der Waals surface area contributed by atoms with Crippen molar-refractivity contribution >= 4 is 62.2 Å². The van der Waals surface area contributed by atoms with Crippen molar-refractivity contribution in [1.82, 2.24) is 4.98 Å². The average molecular weight is 440 g/mol. The van der Waals surface area contributed by atoms with E-state index in [0.29, 0.717) is 10.8 Å². The van der Waals surface area contributed by atoms with E-state index in [1.807, 2.05) is 53.9 Å². The summed E-state index contributed by atoms with van der Waals surface area (Å²) in [6.45, 7) is 0. The fraction of sp³-hybridized carbons (Fsp3) is 0.0588. The summed E-state index contributed by atoms with van der Waals surface area (Å²) in [7, 11) is 0. The quantitative estimate of drug-likeness (QED) is 0.499. The van der Waals surface area contributed by atoms with Gasteiger partial charge in [0.1, 0.15) is 0 Å². The first-order valence-corrected chi connectivity index (χ1v) is 10.0. The van der Waals surface area contributed by atoms with Crippen LogP contribution >= 0.6 is 50.6 Å². The number of nitrogens with one attached hydrogen (secondary N) is 1. The Morgan fingerprint density at radius 1 is 1.21 bits per heavy atom. The van der Waals surface area contributed by atoms with Crippen LogP contribution in [0, 0.1) is 0 Å². The predicted octanol–water partition coefficient (Wildman–Crippen LogP) is 5.96. The van der Waals surface area contributed by atoms with E-state index in [0.717, 1.165) is 25.8 Å². The number of aromatic nitrogens is 1. The van der Waals surface area contributed by atoms with Crippen LogP contribution < -0.4 is 5.32 Å². The number of carbonyl (C=O) groups excluding carboxylic acids is 1. The molecule has 0 spiro atoms. The molecule has 2 aromatic carbocycles. The topological polar surface area (TPSA) is 42.0 Å². The molecule has 7 heteroatoms. The summed E-state index contributed by atoms with van der Waals surface area (Å²) in [6.07, 6.45) is 0. The molecule has 1 amide bonds. The number of halogens is 2. The second-order valence-corrected chi connectivity index (χ2v) is 8.19. The van der Waals surface area contributed by atoms with Crippen molar-refractivity contribution in [2.24, 2.45) is 0 Å². The summed E-state index contributed by atoms with van der Waals surface area (Å²) >= 11 is 12.3. The van der Waals surface area contributed by atoms with Gasteiger partial charge in [-0.3, -0.25) is 4.79 Å². The molecule has 24 heavy (non-hydrogen) atoms. The molecule has 0 aliphatic carbocycles. The highest BCUT2D eigenvalue weighted by atomic mass is 79.9. The molecule has 1 heterocycles. The van der Waals surface area contributed by atoms with Gasteiger partial charge in [0.15, 0.2) is 4.34 Å². The fourth-order valence-electron chi connectivity index (χ4n) is 1.95. The van der Waals surface area contributed by atoms with E-state index in [1.165, 1.54) is 23.1 Å². The number of hydrogen-bond acceptors (Lipinski definition) is 4. The zero-order valence-corrected chi connectivity index (χ0v) is 16.3. The molecule has 1 N–H and O–H groups in total. The van der Waals surface area contributed by atoms with Crippen LogP contribution in [0.4, 0.5) is 5.69 Å². The molecule has 0 aliphatic rings. The summed E-state index contributed by atoms with van der Waals surface area (Å²) in [4.78, 5) is 16.6. The molecule has 0 radical (unpaired) electrons. The Bertz CT molecular complexity index is 852. The van der Waals surface area contributed by atoms with E-state index in [1.54, 1.807) is 0 Å². The number of rotatable bonds is 5. The lowest BCUT2D eigenvalue weighted by atomic mass is 10.2. The Kier molecular flexibility index (Phi) is 5.94. The number of anilines is 1. The summed E-state index contributed by atoms with van der Waals surface area (Å²) < 4.78 is 1.73. The van der Waals surface area contributed by atoms with Crippen molar-refractivity contribution in [3.63, 3.8) is 0 Å². The summed E-state index contributed by atoms with van der Waals surface area (Å²) in [5.41, 5.74) is 2.68. The van der Waals surface area contributed by atoms with Crippen molar-refractivity contribution in [2.75, 3.05) is 11.1 Å². The van der Waals surface area contributed by atoms with Gasteiger partial charge in [0.2, 0.25) is 5.91 Å². The molecule has 0 fully saturated rings. The molecule has 3 aromatic rings. The first-order chi connectivity index (χ1) is 11.6. The van der Waals surface area contributed by atoms with Crippen molar-refractivity contribution < 1.29 is 4.79 Å². The number of hydrogen-bond donors (Lipinski definition) is 1. The molecule has 3 nitrogen and oxygen atoms in total. The van der Waals surface area contributed by atoms with E-state index in [2.05, 4.69) is 26.2 Å². The molecule has 0 atom stereocenters. The maximum atomic E-state index is 12.1. The number of amides is 1. The minimum Gasteiger partial charge on any atom is -0.324 e.